The van der Waals surface area contributed by atoms with Crippen LogP contribution in [0.4, 0.5) is 15.9 Å². The SMILES string of the molecule is CN(C)C/C=C/C(=O)Cc1cc2c(Nc3ccc(F)c(Cl)c3)ncnc2cc1OCC12COCC1C2. The van der Waals surface area contributed by atoms with Crippen molar-refractivity contribution >= 4 is 39.8 Å². The number of aromatic nitrogens is 2. The average molecular weight is 511 g/mol. The van der Waals surface area contributed by atoms with Crippen molar-refractivity contribution in [3.63, 3.8) is 0 Å². The molecule has 0 radical (unpaired) electrons. The maximum Gasteiger partial charge on any atom is 0.159 e. The lowest BCUT2D eigenvalue weighted by Gasteiger charge is -2.17. The standard InChI is InChI=1S/C27H28ClFN4O3/c1-33(2)7-3-4-20(34)8-17-9-21-24(11-25(17)36-15-27-12-18(27)13-35-14-27)30-16-31-26(21)32-19-5-6-23(29)22(28)10-19/h3-6,9-11,16,18H,7-8,12-15H2,1-2H3,(H,30,31,32)/b4-3+. The van der Waals surface area contributed by atoms with E-state index in [4.69, 9.17) is 21.1 Å². The van der Waals surface area contributed by atoms with E-state index >= 15 is 0 Å². The van der Waals surface area contributed by atoms with Gasteiger partial charge in [-0.15, -0.1) is 0 Å². The van der Waals surface area contributed by atoms with E-state index < -0.39 is 5.82 Å². The van der Waals surface area contributed by atoms with Crippen molar-refractivity contribution in [2.45, 2.75) is 12.8 Å². The Kier molecular flexibility index (Phi) is 6.92. The van der Waals surface area contributed by atoms with Crippen molar-refractivity contribution < 1.29 is 18.7 Å². The van der Waals surface area contributed by atoms with E-state index in [0.717, 1.165) is 24.0 Å². The van der Waals surface area contributed by atoms with Crippen LogP contribution in [0.3, 0.4) is 0 Å². The van der Waals surface area contributed by atoms with Gasteiger partial charge in [-0.25, -0.2) is 14.4 Å². The van der Waals surface area contributed by atoms with Crippen molar-refractivity contribution in [3.05, 3.63) is 65.2 Å². The maximum atomic E-state index is 13.6. The van der Waals surface area contributed by atoms with Crippen LogP contribution < -0.4 is 10.1 Å². The minimum absolute atomic E-state index is 0.0125. The Hall–Kier alpha value is -3.07. The molecule has 0 amide bonds. The largest absolute Gasteiger partial charge is 0.493 e. The van der Waals surface area contributed by atoms with Crippen LogP contribution >= 0.6 is 11.6 Å². The fourth-order valence-electron chi connectivity index (χ4n) is 4.54. The number of rotatable bonds is 10. The number of hydrogen-bond acceptors (Lipinski definition) is 7. The molecular formula is C27H28ClFN4O3. The van der Waals surface area contributed by atoms with Gasteiger partial charge in [0.15, 0.2) is 5.78 Å². The Bertz CT molecular complexity index is 1330. The van der Waals surface area contributed by atoms with E-state index in [0.29, 0.717) is 48.4 Å². The zero-order valence-corrected chi connectivity index (χ0v) is 21.0. The number of ketones is 1. The van der Waals surface area contributed by atoms with E-state index in [2.05, 4.69) is 15.3 Å². The molecule has 2 unspecified atom stereocenters. The van der Waals surface area contributed by atoms with Gasteiger partial charge in [-0.05, 0) is 56.8 Å². The van der Waals surface area contributed by atoms with Gasteiger partial charge >= 0.3 is 0 Å². The quantitative estimate of drug-likeness (QED) is 0.392. The average Bonchev–Trinajstić information content (AvgIpc) is 3.38. The lowest BCUT2D eigenvalue weighted by molar-refractivity contribution is -0.114. The molecule has 36 heavy (non-hydrogen) atoms. The molecule has 2 fully saturated rings. The predicted molar refractivity (Wildman–Crippen MR) is 137 cm³/mol. The number of fused-ring (bicyclic) bond motifs is 2. The van der Waals surface area contributed by atoms with Gasteiger partial charge in [0, 0.05) is 41.1 Å². The van der Waals surface area contributed by atoms with Crippen molar-refractivity contribution in [1.82, 2.24) is 14.9 Å². The zero-order chi connectivity index (χ0) is 25.3. The zero-order valence-electron chi connectivity index (χ0n) is 20.3. The number of benzene rings is 2. The molecule has 1 aliphatic carbocycles. The van der Waals surface area contributed by atoms with Crippen molar-refractivity contribution in [1.29, 1.82) is 0 Å². The van der Waals surface area contributed by atoms with E-state index in [-0.39, 0.29) is 22.6 Å². The highest BCUT2D eigenvalue weighted by atomic mass is 35.5. The van der Waals surface area contributed by atoms with Gasteiger partial charge in [-0.3, -0.25) is 4.79 Å². The number of carbonyl (C=O) groups excluding carboxylic acids is 1. The number of nitrogens with one attached hydrogen (secondary N) is 1. The molecule has 188 valence electrons. The number of halogens is 2. The molecule has 7 nitrogen and oxygen atoms in total. The molecule has 0 bridgehead atoms. The van der Waals surface area contributed by atoms with Crippen LogP contribution in [0.1, 0.15) is 12.0 Å². The number of nitrogens with zero attached hydrogens (tertiary/aromatic N) is 3. The first-order chi connectivity index (χ1) is 17.3. The summed E-state index contributed by atoms with van der Waals surface area (Å²) >= 11 is 5.95. The highest BCUT2D eigenvalue weighted by molar-refractivity contribution is 6.31. The summed E-state index contributed by atoms with van der Waals surface area (Å²) in [4.78, 5) is 23.6. The second kappa shape index (κ2) is 10.1. The summed E-state index contributed by atoms with van der Waals surface area (Å²) in [5, 5.41) is 3.92. The minimum Gasteiger partial charge on any atom is -0.493 e. The topological polar surface area (TPSA) is 76.6 Å². The Morgan fingerprint density at radius 3 is 2.92 bits per heavy atom. The summed E-state index contributed by atoms with van der Waals surface area (Å²) in [6.07, 6.45) is 6.20. The molecule has 1 aromatic heterocycles. The van der Waals surface area contributed by atoms with Crippen LogP contribution in [-0.2, 0) is 16.0 Å². The van der Waals surface area contributed by atoms with Crippen LogP contribution in [0, 0.1) is 17.2 Å². The third-order valence-electron chi connectivity index (χ3n) is 6.72. The van der Waals surface area contributed by atoms with E-state index in [1.165, 1.54) is 18.5 Å². The first kappa shape index (κ1) is 24.6. The molecule has 9 heteroatoms. The molecule has 1 aliphatic heterocycles. The summed E-state index contributed by atoms with van der Waals surface area (Å²) in [6, 6.07) is 8.12. The van der Waals surface area contributed by atoms with Crippen LogP contribution in [0.25, 0.3) is 10.9 Å². The van der Waals surface area contributed by atoms with Crippen LogP contribution in [0.5, 0.6) is 5.75 Å². The second-order valence-corrected chi connectivity index (χ2v) is 10.2. The predicted octanol–water partition coefficient (Wildman–Crippen LogP) is 4.81. The molecule has 3 aromatic rings. The lowest BCUT2D eigenvalue weighted by atomic mass is 10.0. The number of anilines is 2. The van der Waals surface area contributed by atoms with Gasteiger partial charge in [0.2, 0.25) is 0 Å². The van der Waals surface area contributed by atoms with Crippen molar-refractivity contribution in [2.24, 2.45) is 11.3 Å². The molecular weight excluding hydrogens is 483 g/mol. The van der Waals surface area contributed by atoms with Gasteiger partial charge in [0.25, 0.3) is 0 Å². The van der Waals surface area contributed by atoms with Gasteiger partial charge < -0.3 is 19.7 Å². The summed E-state index contributed by atoms with van der Waals surface area (Å²) in [5.74, 6) is 1.20. The Balaban J connectivity index is 1.45. The maximum absolute atomic E-state index is 13.6. The fourth-order valence-corrected chi connectivity index (χ4v) is 4.72. The number of likely N-dealkylation sites (N-methyl/N-ethyl adjacent to an activating group) is 1. The smallest absolute Gasteiger partial charge is 0.159 e. The monoisotopic (exact) mass is 510 g/mol. The third kappa shape index (κ3) is 5.36. The molecule has 5 rings (SSSR count). The molecule has 2 heterocycles. The van der Waals surface area contributed by atoms with Crippen LogP contribution in [0.2, 0.25) is 5.02 Å². The lowest BCUT2D eigenvalue weighted by Crippen LogP contribution is -2.17. The van der Waals surface area contributed by atoms with Crippen LogP contribution in [0.15, 0.2) is 48.8 Å². The minimum atomic E-state index is -0.496. The van der Waals surface area contributed by atoms with Gasteiger partial charge in [0.05, 0.1) is 30.4 Å². The Morgan fingerprint density at radius 2 is 2.19 bits per heavy atom. The summed E-state index contributed by atoms with van der Waals surface area (Å²) in [7, 11) is 3.90. The molecule has 2 aliphatic rings. The Labute approximate surface area is 214 Å². The number of allylic oxidation sites excluding steroid dienone is 1. The number of hydrogen-bond donors (Lipinski definition) is 1. The van der Waals surface area contributed by atoms with Crippen LogP contribution in [-0.4, -0.2) is 61.1 Å². The van der Waals surface area contributed by atoms with Crippen molar-refractivity contribution in [2.75, 3.05) is 45.8 Å². The fraction of sp³-hybridized carbons (Fsp3) is 0.370. The molecule has 0 spiro atoms. The third-order valence-corrected chi connectivity index (χ3v) is 7.01. The normalized spacial score (nSPS) is 20.8. The molecule has 2 atom stereocenters. The van der Waals surface area contributed by atoms with E-state index in [1.54, 1.807) is 12.1 Å². The van der Waals surface area contributed by atoms with Crippen molar-refractivity contribution in [3.8, 4) is 5.75 Å². The molecule has 2 aromatic carbocycles. The first-order valence-corrected chi connectivity index (χ1v) is 12.3. The second-order valence-electron chi connectivity index (χ2n) is 9.83. The summed E-state index contributed by atoms with van der Waals surface area (Å²) in [6.45, 7) is 2.73. The van der Waals surface area contributed by atoms with E-state index in [9.17, 15) is 9.18 Å². The summed E-state index contributed by atoms with van der Waals surface area (Å²) < 4.78 is 25.5. The highest BCUT2D eigenvalue weighted by Gasteiger charge is 2.59. The highest BCUT2D eigenvalue weighted by Crippen LogP contribution is 2.57. The van der Waals surface area contributed by atoms with E-state index in [1.807, 2.05) is 37.2 Å². The molecule has 1 saturated carbocycles. The first-order valence-electron chi connectivity index (χ1n) is 11.9. The number of carbonyl (C=O) groups is 1. The Morgan fingerprint density at radius 1 is 1.33 bits per heavy atom. The van der Waals surface area contributed by atoms with Gasteiger partial charge in [-0.2, -0.15) is 0 Å². The van der Waals surface area contributed by atoms with Gasteiger partial charge in [-0.1, -0.05) is 17.7 Å². The molecule has 1 N–H and O–H groups in total. The number of ether oxygens (including phenoxy) is 2. The molecule has 1 saturated heterocycles. The summed E-state index contributed by atoms with van der Waals surface area (Å²) in [5.41, 5.74) is 2.10. The van der Waals surface area contributed by atoms with Gasteiger partial charge in [0.1, 0.15) is 23.7 Å².